The maximum atomic E-state index is 6.01. The van der Waals surface area contributed by atoms with E-state index in [1.807, 2.05) is 11.3 Å². The van der Waals surface area contributed by atoms with E-state index < -0.39 is 0 Å². The summed E-state index contributed by atoms with van der Waals surface area (Å²) in [7, 11) is 2.18. The van der Waals surface area contributed by atoms with Gasteiger partial charge in [-0.25, -0.2) is 0 Å². The predicted octanol–water partition coefficient (Wildman–Crippen LogP) is 4.02. The van der Waals surface area contributed by atoms with Crippen LogP contribution in [0, 0.1) is 5.41 Å². The zero-order valence-electron chi connectivity index (χ0n) is 13.6. The van der Waals surface area contributed by atoms with Crippen LogP contribution in [-0.4, -0.2) is 25.0 Å². The van der Waals surface area contributed by atoms with Crippen molar-refractivity contribution in [2.45, 2.75) is 53.0 Å². The van der Waals surface area contributed by atoms with Crippen molar-refractivity contribution < 1.29 is 0 Å². The lowest BCUT2D eigenvalue weighted by molar-refractivity contribution is 0.178. The molecule has 0 amide bonds. The molecule has 1 atom stereocenters. The molecule has 2 nitrogen and oxygen atoms in total. The van der Waals surface area contributed by atoms with Gasteiger partial charge in [-0.2, -0.15) is 0 Å². The van der Waals surface area contributed by atoms with Crippen LogP contribution in [0.1, 0.15) is 57.3 Å². The maximum absolute atomic E-state index is 6.01. The number of likely N-dealkylation sites (N-methyl/N-ethyl adjacent to an activating group) is 1. The molecule has 0 aliphatic carbocycles. The molecule has 0 saturated carbocycles. The van der Waals surface area contributed by atoms with E-state index in [4.69, 9.17) is 5.73 Å². The van der Waals surface area contributed by atoms with Gasteiger partial charge >= 0.3 is 0 Å². The Bertz CT molecular complexity index is 396. The highest BCUT2D eigenvalue weighted by atomic mass is 32.1. The second kappa shape index (κ2) is 5.94. The van der Waals surface area contributed by atoms with E-state index in [2.05, 4.69) is 65.6 Å². The zero-order chi connectivity index (χ0) is 14.8. The molecular formula is C16H30N2S. The number of thiophene rings is 1. The first-order chi connectivity index (χ1) is 8.54. The van der Waals surface area contributed by atoms with Crippen molar-refractivity contribution in [3.05, 3.63) is 21.9 Å². The van der Waals surface area contributed by atoms with Crippen LogP contribution in [0.2, 0.25) is 0 Å². The van der Waals surface area contributed by atoms with Crippen molar-refractivity contribution in [2.24, 2.45) is 11.1 Å². The fourth-order valence-electron chi connectivity index (χ4n) is 2.31. The van der Waals surface area contributed by atoms with E-state index in [1.165, 1.54) is 9.75 Å². The molecule has 0 aliphatic heterocycles. The van der Waals surface area contributed by atoms with Crippen LogP contribution >= 0.6 is 11.3 Å². The molecule has 3 heteroatoms. The molecule has 0 bridgehead atoms. The van der Waals surface area contributed by atoms with Crippen LogP contribution < -0.4 is 5.73 Å². The van der Waals surface area contributed by atoms with Crippen LogP contribution in [0.15, 0.2) is 12.1 Å². The third kappa shape index (κ3) is 4.90. The summed E-state index contributed by atoms with van der Waals surface area (Å²) in [5, 5.41) is 0. The zero-order valence-corrected chi connectivity index (χ0v) is 14.4. The summed E-state index contributed by atoms with van der Waals surface area (Å²) in [4.78, 5) is 5.21. The monoisotopic (exact) mass is 282 g/mol. The Kier molecular flexibility index (Phi) is 5.21. The number of hydrogen-bond acceptors (Lipinski definition) is 3. The van der Waals surface area contributed by atoms with Crippen LogP contribution in [0.25, 0.3) is 0 Å². The number of nitrogens with two attached hydrogens (primary N) is 1. The molecule has 0 radical (unpaired) electrons. The third-order valence-corrected chi connectivity index (χ3v) is 4.79. The highest BCUT2D eigenvalue weighted by Gasteiger charge is 2.24. The normalized spacial score (nSPS) is 15.0. The second-order valence-electron chi connectivity index (χ2n) is 7.68. The molecule has 1 aromatic rings. The second-order valence-corrected chi connectivity index (χ2v) is 8.79. The molecule has 110 valence electrons. The average Bonchev–Trinajstić information content (AvgIpc) is 2.64. The third-order valence-electron chi connectivity index (χ3n) is 3.17. The Balaban J connectivity index is 2.89. The van der Waals surface area contributed by atoms with Crippen molar-refractivity contribution >= 4 is 11.3 Å². The van der Waals surface area contributed by atoms with E-state index in [0.717, 1.165) is 6.54 Å². The molecule has 19 heavy (non-hydrogen) atoms. The van der Waals surface area contributed by atoms with E-state index in [1.54, 1.807) is 0 Å². The molecule has 0 aliphatic rings. The largest absolute Gasteiger partial charge is 0.329 e. The SMILES string of the molecule is CN(CC(C)(C)C)C(CN)c1ccc(C(C)(C)C)s1. The van der Waals surface area contributed by atoms with Crippen molar-refractivity contribution in [1.29, 1.82) is 0 Å². The lowest BCUT2D eigenvalue weighted by Crippen LogP contribution is -2.36. The molecule has 1 heterocycles. The van der Waals surface area contributed by atoms with Crippen LogP contribution in [-0.2, 0) is 5.41 Å². The van der Waals surface area contributed by atoms with Crippen LogP contribution in [0.4, 0.5) is 0 Å². The summed E-state index contributed by atoms with van der Waals surface area (Å²) < 4.78 is 0. The van der Waals surface area contributed by atoms with Crippen molar-refractivity contribution in [2.75, 3.05) is 20.1 Å². The average molecular weight is 282 g/mol. The summed E-state index contributed by atoms with van der Waals surface area (Å²) in [6.45, 7) is 15.3. The van der Waals surface area contributed by atoms with Gasteiger partial charge < -0.3 is 5.73 Å². The van der Waals surface area contributed by atoms with E-state index in [0.29, 0.717) is 18.0 Å². The molecule has 0 saturated heterocycles. The minimum absolute atomic E-state index is 0.227. The van der Waals surface area contributed by atoms with Crippen LogP contribution in [0.3, 0.4) is 0 Å². The van der Waals surface area contributed by atoms with Gasteiger partial charge in [-0.05, 0) is 30.0 Å². The summed E-state index contributed by atoms with van der Waals surface area (Å²) >= 11 is 1.91. The molecule has 0 fully saturated rings. The Hall–Kier alpha value is -0.380. The first-order valence-corrected chi connectivity index (χ1v) is 7.87. The van der Waals surface area contributed by atoms with Gasteiger partial charge in [0.1, 0.15) is 0 Å². The molecule has 0 aromatic carbocycles. The molecule has 1 rings (SSSR count). The molecule has 1 aromatic heterocycles. The molecular weight excluding hydrogens is 252 g/mol. The topological polar surface area (TPSA) is 29.3 Å². The fourth-order valence-corrected chi connectivity index (χ4v) is 3.55. The minimum Gasteiger partial charge on any atom is -0.329 e. The van der Waals surface area contributed by atoms with Crippen molar-refractivity contribution in [3.63, 3.8) is 0 Å². The highest BCUT2D eigenvalue weighted by Crippen LogP contribution is 2.34. The number of rotatable bonds is 4. The van der Waals surface area contributed by atoms with E-state index in [-0.39, 0.29) is 5.41 Å². The van der Waals surface area contributed by atoms with Crippen molar-refractivity contribution in [3.8, 4) is 0 Å². The maximum Gasteiger partial charge on any atom is 0.0562 e. The van der Waals surface area contributed by atoms with Gasteiger partial charge in [0.25, 0.3) is 0 Å². The van der Waals surface area contributed by atoms with Gasteiger partial charge in [-0.15, -0.1) is 11.3 Å². The lowest BCUT2D eigenvalue weighted by Gasteiger charge is -2.32. The van der Waals surface area contributed by atoms with Gasteiger partial charge in [0.2, 0.25) is 0 Å². The first kappa shape index (κ1) is 16.7. The lowest BCUT2D eigenvalue weighted by atomic mass is 9.94. The predicted molar refractivity (Wildman–Crippen MR) is 86.9 cm³/mol. The molecule has 0 spiro atoms. The molecule has 1 unspecified atom stereocenters. The number of nitrogens with zero attached hydrogens (tertiary/aromatic N) is 1. The Morgan fingerprint density at radius 1 is 1.16 bits per heavy atom. The van der Waals surface area contributed by atoms with Gasteiger partial charge in [-0.1, -0.05) is 41.5 Å². The summed E-state index contributed by atoms with van der Waals surface area (Å²) in [6, 6.07) is 4.84. The molecule has 2 N–H and O–H groups in total. The quantitative estimate of drug-likeness (QED) is 0.903. The highest BCUT2D eigenvalue weighted by molar-refractivity contribution is 7.12. The van der Waals surface area contributed by atoms with E-state index >= 15 is 0 Å². The summed E-state index contributed by atoms with van der Waals surface area (Å²) in [5.41, 5.74) is 6.53. The first-order valence-electron chi connectivity index (χ1n) is 7.05. The fraction of sp³-hybridized carbons (Fsp3) is 0.750. The van der Waals surface area contributed by atoms with Crippen molar-refractivity contribution in [1.82, 2.24) is 4.90 Å². The summed E-state index contributed by atoms with van der Waals surface area (Å²) in [5.74, 6) is 0. The smallest absolute Gasteiger partial charge is 0.0562 e. The van der Waals surface area contributed by atoms with Gasteiger partial charge in [0, 0.05) is 22.8 Å². The van der Waals surface area contributed by atoms with Gasteiger partial charge in [0.05, 0.1) is 6.04 Å². The van der Waals surface area contributed by atoms with Gasteiger partial charge in [-0.3, -0.25) is 4.90 Å². The Morgan fingerprint density at radius 2 is 1.74 bits per heavy atom. The minimum atomic E-state index is 0.227. The Morgan fingerprint density at radius 3 is 2.11 bits per heavy atom. The summed E-state index contributed by atoms with van der Waals surface area (Å²) in [6.07, 6.45) is 0. The van der Waals surface area contributed by atoms with E-state index in [9.17, 15) is 0 Å². The standard InChI is InChI=1S/C16H30N2S/c1-15(2,3)11-18(7)12(10-17)13-8-9-14(19-13)16(4,5)6/h8-9,12H,10-11,17H2,1-7H3. The van der Waals surface area contributed by atoms with Crippen LogP contribution in [0.5, 0.6) is 0 Å². The number of hydrogen-bond donors (Lipinski definition) is 1. The van der Waals surface area contributed by atoms with Gasteiger partial charge in [0.15, 0.2) is 0 Å². The Labute approximate surface area is 123 Å².